The average Bonchev–Trinajstić information content (AvgIpc) is 3.66. The molecule has 0 aliphatic carbocycles. The van der Waals surface area contributed by atoms with Crippen molar-refractivity contribution in [3.8, 4) is 5.69 Å². The second-order valence-electron chi connectivity index (χ2n) is 18.2. The molecule has 2 aromatic carbocycles. The van der Waals surface area contributed by atoms with E-state index in [0.717, 1.165) is 78.3 Å². The molecular weight excluding hydrogens is 843 g/mol. The number of fused-ring (bicyclic) bond motifs is 1. The molecule has 3 amide bonds. The summed E-state index contributed by atoms with van der Waals surface area (Å²) < 4.78 is 35.0. The second-order valence-corrected chi connectivity index (χ2v) is 18.2. The number of rotatable bonds is 11. The maximum Gasteiger partial charge on any atom is 0.257 e. The molecule has 0 bridgehead atoms. The number of hydrogen-bond acceptors (Lipinski definition) is 10. The third-order valence-corrected chi connectivity index (χ3v) is 14.1. The number of halogens is 2. The van der Waals surface area contributed by atoms with Gasteiger partial charge in [-0.05, 0) is 105 Å². The lowest BCUT2D eigenvalue weighted by Gasteiger charge is -2.39. The van der Waals surface area contributed by atoms with E-state index in [1.807, 2.05) is 42.0 Å². The monoisotopic (exact) mass is 900 g/mol. The highest BCUT2D eigenvalue weighted by molar-refractivity contribution is 6.01. The van der Waals surface area contributed by atoms with E-state index in [9.17, 15) is 19.2 Å². The summed E-state index contributed by atoms with van der Waals surface area (Å²) in [7, 11) is 3.78. The summed E-state index contributed by atoms with van der Waals surface area (Å²) in [5, 5.41) is 9.27. The third-order valence-electron chi connectivity index (χ3n) is 14.1. The summed E-state index contributed by atoms with van der Waals surface area (Å²) in [4.78, 5) is 63.7. The van der Waals surface area contributed by atoms with E-state index in [1.54, 1.807) is 42.2 Å². The Kier molecular flexibility index (Phi) is 12.8. The zero-order chi connectivity index (χ0) is 46.2. The van der Waals surface area contributed by atoms with E-state index in [2.05, 4.69) is 54.4 Å². The van der Waals surface area contributed by atoms with Gasteiger partial charge in [-0.3, -0.25) is 38.9 Å². The van der Waals surface area contributed by atoms with Crippen molar-refractivity contribution < 1.29 is 23.2 Å². The topological polar surface area (TPSA) is 140 Å². The molecule has 0 radical (unpaired) electrons. The molecule has 3 fully saturated rings. The van der Waals surface area contributed by atoms with Crippen LogP contribution < -0.4 is 26.4 Å². The molecule has 3 saturated heterocycles. The van der Waals surface area contributed by atoms with Crippen molar-refractivity contribution in [2.75, 3.05) is 81.5 Å². The molecule has 9 rings (SSSR count). The minimum Gasteiger partial charge on any atom is -0.388 e. The first-order valence-electron chi connectivity index (χ1n) is 23.1. The first-order valence-corrected chi connectivity index (χ1v) is 23.1. The number of pyridine rings is 2. The van der Waals surface area contributed by atoms with E-state index in [0.29, 0.717) is 74.0 Å². The number of aryl methyl sites for hydroxylation is 2. The van der Waals surface area contributed by atoms with Crippen molar-refractivity contribution in [2.24, 2.45) is 13.0 Å². The Hall–Kier alpha value is -6.39. The highest BCUT2D eigenvalue weighted by Gasteiger charge is 2.31. The van der Waals surface area contributed by atoms with Crippen LogP contribution in [0.15, 0.2) is 77.9 Å². The van der Waals surface area contributed by atoms with Gasteiger partial charge in [-0.25, -0.2) is 13.8 Å². The molecule has 2 atom stereocenters. The number of carbonyl (C=O) groups is 3. The van der Waals surface area contributed by atoms with Crippen molar-refractivity contribution in [2.45, 2.75) is 58.0 Å². The van der Waals surface area contributed by atoms with Crippen molar-refractivity contribution in [3.63, 3.8) is 0 Å². The van der Waals surface area contributed by atoms with Crippen LogP contribution in [0.1, 0.15) is 72.2 Å². The fourth-order valence-electron chi connectivity index (χ4n) is 10.3. The lowest BCUT2D eigenvalue weighted by molar-refractivity contribution is -0.133. The Labute approximate surface area is 383 Å². The third kappa shape index (κ3) is 9.08. The molecule has 7 heterocycles. The number of hydrogen-bond donors (Lipinski definition) is 3. The van der Waals surface area contributed by atoms with Crippen molar-refractivity contribution in [3.05, 3.63) is 117 Å². The maximum atomic E-state index is 16.1. The largest absolute Gasteiger partial charge is 0.388 e. The lowest BCUT2D eigenvalue weighted by atomic mass is 9.92. The van der Waals surface area contributed by atoms with Crippen LogP contribution in [0.4, 0.5) is 25.8 Å². The average molecular weight is 901 g/mol. The predicted octanol–water partition coefficient (Wildman–Crippen LogP) is 6.09. The van der Waals surface area contributed by atoms with Gasteiger partial charge >= 0.3 is 0 Å². The van der Waals surface area contributed by atoms with Gasteiger partial charge in [0.2, 0.25) is 11.8 Å². The number of amides is 3. The van der Waals surface area contributed by atoms with Gasteiger partial charge in [0.25, 0.3) is 11.5 Å². The Morgan fingerprint density at radius 2 is 1.67 bits per heavy atom. The Bertz CT molecular complexity index is 2750. The smallest absolute Gasteiger partial charge is 0.257 e. The number of likely N-dealkylation sites (tertiary alicyclic amines) is 1. The van der Waals surface area contributed by atoms with Gasteiger partial charge in [-0.2, -0.15) is 0 Å². The molecular formula is C50H58F2N10O4. The molecule has 66 heavy (non-hydrogen) atoms. The molecule has 14 nitrogen and oxygen atoms in total. The minimum atomic E-state index is -0.572. The number of imide groups is 1. The SMILES string of the molecule is CNc1ccn(-c2ccnc3c2cc([C@H](C)N2CC=C(c4c(C)cc(C(=O)N5CCC(CN6CCN(c7ccc(N[C@@H]8CCC(=O)NC8=O)cc7F)CC6)CC5)cc4F)CC2)n3C)c(=O)c1. The number of carbonyl (C=O) groups excluding carboxylic acids is 3. The van der Waals surface area contributed by atoms with Crippen molar-refractivity contribution in [1.82, 2.24) is 34.1 Å². The number of nitrogens with zero attached hydrogens (tertiary/aromatic N) is 7. The van der Waals surface area contributed by atoms with Gasteiger partial charge in [0.05, 0.1) is 11.4 Å². The molecule has 3 N–H and O–H groups in total. The Morgan fingerprint density at radius 3 is 2.35 bits per heavy atom. The zero-order valence-electron chi connectivity index (χ0n) is 38.1. The highest BCUT2D eigenvalue weighted by atomic mass is 19.1. The van der Waals surface area contributed by atoms with E-state index >= 15 is 8.78 Å². The van der Waals surface area contributed by atoms with Crippen molar-refractivity contribution >= 4 is 51.4 Å². The molecule has 0 saturated carbocycles. The van der Waals surface area contributed by atoms with Gasteiger partial charge in [0.1, 0.15) is 23.3 Å². The molecule has 5 aromatic rings. The van der Waals surface area contributed by atoms with Gasteiger partial charge in [-0.15, -0.1) is 0 Å². The van der Waals surface area contributed by atoms with Crippen molar-refractivity contribution in [1.29, 1.82) is 0 Å². The summed E-state index contributed by atoms with van der Waals surface area (Å²) in [5.74, 6) is -1.12. The summed E-state index contributed by atoms with van der Waals surface area (Å²) in [5.41, 5.74) is 6.94. The molecule has 16 heteroatoms. The van der Waals surface area contributed by atoms with Crippen LogP contribution in [-0.2, 0) is 16.6 Å². The van der Waals surface area contributed by atoms with E-state index in [-0.39, 0.29) is 41.5 Å². The fraction of sp³-hybridized carbons (Fsp3) is 0.420. The molecule has 0 spiro atoms. The summed E-state index contributed by atoms with van der Waals surface area (Å²) >= 11 is 0. The van der Waals surface area contributed by atoms with Gasteiger partial charge in [-0.1, -0.05) is 6.08 Å². The maximum absolute atomic E-state index is 16.1. The molecule has 346 valence electrons. The first kappa shape index (κ1) is 44.8. The molecule has 0 unspecified atom stereocenters. The van der Waals surface area contributed by atoms with E-state index < -0.39 is 11.9 Å². The van der Waals surface area contributed by atoms with E-state index in [1.165, 1.54) is 12.1 Å². The van der Waals surface area contributed by atoms with Crippen LogP contribution >= 0.6 is 0 Å². The summed E-state index contributed by atoms with van der Waals surface area (Å²) in [6, 6.07) is 15.1. The molecule has 4 aliphatic rings. The van der Waals surface area contributed by atoms with Crippen LogP contribution in [-0.4, -0.2) is 119 Å². The van der Waals surface area contributed by atoms with Crippen LogP contribution in [0.5, 0.6) is 0 Å². The predicted molar refractivity (Wildman–Crippen MR) is 253 cm³/mol. The highest BCUT2D eigenvalue weighted by Crippen LogP contribution is 2.35. The minimum absolute atomic E-state index is 0.0266. The second kappa shape index (κ2) is 18.8. The van der Waals surface area contributed by atoms with Crippen LogP contribution in [0, 0.1) is 24.5 Å². The quantitative estimate of drug-likeness (QED) is 0.134. The number of benzene rings is 2. The normalized spacial score (nSPS) is 19.5. The first-order chi connectivity index (χ1) is 31.8. The number of piperidine rings is 2. The lowest BCUT2D eigenvalue weighted by Crippen LogP contribution is -2.49. The van der Waals surface area contributed by atoms with E-state index in [4.69, 9.17) is 0 Å². The number of nitrogens with one attached hydrogen (secondary N) is 3. The molecule has 3 aromatic heterocycles. The number of aromatic nitrogens is 3. The standard InChI is InChI=1S/C50H58F2N10O4/c1-31-25-35(50(66)61-16-10-33(11-17-61)30-58-21-23-60(24-22-58)43-7-5-37(27-39(43)51)55-41-6-8-45(63)56-49(41)65)26-40(52)47(31)34-12-18-59(19-13-34)32(2)44-29-38-42(9-15-54-48(38)57(44)4)62-20-14-36(53-3)28-46(62)64/h5,7,9,12,14-15,20,25-29,32-33,41,53,55H,6,8,10-11,13,16-19,21-24,30H2,1-4H3,(H,56,63,65)/t32-,41+/m0/s1. The van der Waals surface area contributed by atoms with Gasteiger partial charge < -0.3 is 25.0 Å². The summed E-state index contributed by atoms with van der Waals surface area (Å²) in [6.07, 6.45) is 8.62. The zero-order valence-corrected chi connectivity index (χ0v) is 38.1. The van der Waals surface area contributed by atoms with Crippen LogP contribution in [0.25, 0.3) is 22.3 Å². The molecule has 4 aliphatic heterocycles. The Balaban J connectivity index is 0.764. The van der Waals surface area contributed by atoms with Crippen LogP contribution in [0.3, 0.4) is 0 Å². The Morgan fingerprint density at radius 1 is 0.879 bits per heavy atom. The van der Waals surface area contributed by atoms with Gasteiger partial charge in [0, 0.05) is 138 Å². The number of anilines is 3. The number of piperazine rings is 1. The summed E-state index contributed by atoms with van der Waals surface area (Å²) in [6.45, 7) is 10.5. The fourth-order valence-corrected chi connectivity index (χ4v) is 10.3. The van der Waals surface area contributed by atoms with Gasteiger partial charge in [0.15, 0.2) is 0 Å². The van der Waals surface area contributed by atoms with Crippen LogP contribution in [0.2, 0.25) is 0 Å².